The van der Waals surface area contributed by atoms with Crippen LogP contribution in [0.2, 0.25) is 0 Å². The fourth-order valence-electron chi connectivity index (χ4n) is 3.27. The summed E-state index contributed by atoms with van der Waals surface area (Å²) in [5, 5.41) is 0.762. The number of hydrogen-bond acceptors (Lipinski definition) is 6. The van der Waals surface area contributed by atoms with E-state index < -0.39 is 0 Å². The SMILES string of the molecule is Fc1ccc(N(Cl)c2ncnc3ccc(OCCCN4CCOCC4)cc23)cc1. The highest BCUT2D eigenvalue weighted by Gasteiger charge is 2.14. The molecule has 0 saturated carbocycles. The summed E-state index contributed by atoms with van der Waals surface area (Å²) in [7, 11) is 0. The molecule has 0 atom stereocenters. The Balaban J connectivity index is 1.46. The van der Waals surface area contributed by atoms with Gasteiger partial charge in [0, 0.05) is 36.8 Å². The van der Waals surface area contributed by atoms with Crippen molar-refractivity contribution in [3.05, 3.63) is 54.6 Å². The predicted molar refractivity (Wildman–Crippen MR) is 111 cm³/mol. The van der Waals surface area contributed by atoms with Gasteiger partial charge in [-0.25, -0.2) is 18.8 Å². The maximum Gasteiger partial charge on any atom is 0.159 e. The highest BCUT2D eigenvalue weighted by molar-refractivity contribution is 6.30. The van der Waals surface area contributed by atoms with Crippen LogP contribution in [0, 0.1) is 5.82 Å². The number of aromatic nitrogens is 2. The van der Waals surface area contributed by atoms with E-state index in [1.807, 2.05) is 18.2 Å². The van der Waals surface area contributed by atoms with E-state index in [2.05, 4.69) is 14.9 Å². The van der Waals surface area contributed by atoms with Crippen LogP contribution in [0.4, 0.5) is 15.9 Å². The Morgan fingerprint density at radius 3 is 2.69 bits per heavy atom. The molecule has 1 aliphatic heterocycles. The van der Waals surface area contributed by atoms with Gasteiger partial charge in [-0.3, -0.25) is 4.90 Å². The van der Waals surface area contributed by atoms with E-state index in [-0.39, 0.29) is 5.82 Å². The van der Waals surface area contributed by atoms with Crippen molar-refractivity contribution in [2.24, 2.45) is 0 Å². The van der Waals surface area contributed by atoms with Crippen LogP contribution in [-0.2, 0) is 4.74 Å². The van der Waals surface area contributed by atoms with Gasteiger partial charge in [-0.05, 0) is 48.9 Å². The van der Waals surface area contributed by atoms with Crippen LogP contribution < -0.4 is 9.16 Å². The van der Waals surface area contributed by atoms with Gasteiger partial charge in [0.25, 0.3) is 0 Å². The molecule has 0 radical (unpaired) electrons. The first-order valence-corrected chi connectivity index (χ1v) is 9.94. The number of anilines is 2. The standard InChI is InChI=1S/C21H22ClFN4O2/c22-27(17-4-2-16(23)3-5-17)21-19-14-18(6-7-20(19)24-15-25-21)29-11-1-8-26-9-12-28-13-10-26/h2-7,14-15H,1,8-13H2. The normalized spacial score (nSPS) is 14.8. The van der Waals surface area contributed by atoms with E-state index in [1.54, 1.807) is 12.1 Å². The first-order chi connectivity index (χ1) is 14.2. The van der Waals surface area contributed by atoms with Crippen LogP contribution in [0.25, 0.3) is 10.9 Å². The molecule has 0 unspecified atom stereocenters. The quantitative estimate of drug-likeness (QED) is 0.426. The molecule has 0 bridgehead atoms. The Bertz CT molecular complexity index is 951. The number of morpholine rings is 1. The minimum atomic E-state index is -0.320. The van der Waals surface area contributed by atoms with Gasteiger partial charge in [0.15, 0.2) is 5.82 Å². The van der Waals surface area contributed by atoms with Crippen molar-refractivity contribution < 1.29 is 13.9 Å². The lowest BCUT2D eigenvalue weighted by Crippen LogP contribution is -2.37. The average Bonchev–Trinajstić information content (AvgIpc) is 2.77. The van der Waals surface area contributed by atoms with Gasteiger partial charge in [-0.1, -0.05) is 0 Å². The zero-order valence-corrected chi connectivity index (χ0v) is 16.7. The van der Waals surface area contributed by atoms with E-state index in [9.17, 15) is 4.39 Å². The summed E-state index contributed by atoms with van der Waals surface area (Å²) in [6, 6.07) is 11.6. The third-order valence-electron chi connectivity index (χ3n) is 4.82. The number of fused-ring (bicyclic) bond motifs is 1. The highest BCUT2D eigenvalue weighted by atomic mass is 35.5. The number of rotatable bonds is 7. The second-order valence-corrected chi connectivity index (χ2v) is 7.13. The Labute approximate surface area is 173 Å². The zero-order chi connectivity index (χ0) is 20.1. The van der Waals surface area contributed by atoms with Crippen molar-refractivity contribution in [1.29, 1.82) is 0 Å². The summed E-state index contributed by atoms with van der Waals surface area (Å²) in [5.74, 6) is 0.931. The Morgan fingerprint density at radius 1 is 1.10 bits per heavy atom. The summed E-state index contributed by atoms with van der Waals surface area (Å²) in [6.07, 6.45) is 2.40. The van der Waals surface area contributed by atoms with Gasteiger partial charge in [0.05, 0.1) is 31.0 Å². The van der Waals surface area contributed by atoms with Gasteiger partial charge in [0.1, 0.15) is 17.9 Å². The molecule has 2 heterocycles. The van der Waals surface area contributed by atoms with Crippen molar-refractivity contribution in [1.82, 2.24) is 14.9 Å². The molecule has 8 heteroatoms. The number of nitrogens with zero attached hydrogens (tertiary/aromatic N) is 4. The second kappa shape index (κ2) is 9.35. The molecule has 1 aromatic heterocycles. The Kier molecular flexibility index (Phi) is 6.39. The largest absolute Gasteiger partial charge is 0.494 e. The van der Waals surface area contributed by atoms with Crippen molar-refractivity contribution in [3.8, 4) is 5.75 Å². The molecule has 0 spiro atoms. The zero-order valence-electron chi connectivity index (χ0n) is 15.9. The molecule has 4 rings (SSSR count). The number of halogens is 2. The van der Waals surface area contributed by atoms with Crippen molar-refractivity contribution >= 4 is 34.2 Å². The van der Waals surface area contributed by atoms with Crippen LogP contribution in [0.3, 0.4) is 0 Å². The molecule has 152 valence electrons. The van der Waals surface area contributed by atoms with Gasteiger partial charge in [-0.2, -0.15) is 0 Å². The third-order valence-corrected chi connectivity index (χ3v) is 5.17. The molecule has 2 aromatic carbocycles. The van der Waals surface area contributed by atoms with Crippen molar-refractivity contribution in [2.75, 3.05) is 43.9 Å². The van der Waals surface area contributed by atoms with Crippen LogP contribution in [-0.4, -0.2) is 54.3 Å². The summed E-state index contributed by atoms with van der Waals surface area (Å²) < 4.78 is 25.9. The predicted octanol–water partition coefficient (Wildman–Crippen LogP) is 4.16. The summed E-state index contributed by atoms with van der Waals surface area (Å²) >= 11 is 6.49. The fourth-order valence-corrected chi connectivity index (χ4v) is 3.51. The smallest absolute Gasteiger partial charge is 0.159 e. The number of benzene rings is 2. The summed E-state index contributed by atoms with van der Waals surface area (Å²) in [4.78, 5) is 11.0. The van der Waals surface area contributed by atoms with E-state index in [0.29, 0.717) is 18.1 Å². The monoisotopic (exact) mass is 416 g/mol. The van der Waals surface area contributed by atoms with E-state index >= 15 is 0 Å². The summed E-state index contributed by atoms with van der Waals surface area (Å²) in [5.41, 5.74) is 1.37. The van der Waals surface area contributed by atoms with Crippen LogP contribution in [0.1, 0.15) is 6.42 Å². The number of hydrogen-bond donors (Lipinski definition) is 0. The van der Waals surface area contributed by atoms with E-state index in [0.717, 1.165) is 55.9 Å². The lowest BCUT2D eigenvalue weighted by molar-refractivity contribution is 0.0358. The number of ether oxygens (including phenoxy) is 2. The molecule has 1 saturated heterocycles. The molecular formula is C21H22ClFN4O2. The maximum atomic E-state index is 13.2. The van der Waals surface area contributed by atoms with Crippen LogP contribution in [0.5, 0.6) is 5.75 Å². The lowest BCUT2D eigenvalue weighted by atomic mass is 10.2. The summed E-state index contributed by atoms with van der Waals surface area (Å²) in [6.45, 7) is 5.17. The highest BCUT2D eigenvalue weighted by Crippen LogP contribution is 2.33. The van der Waals surface area contributed by atoms with Gasteiger partial charge >= 0.3 is 0 Å². The molecule has 29 heavy (non-hydrogen) atoms. The van der Waals surface area contributed by atoms with Crippen LogP contribution in [0.15, 0.2) is 48.8 Å². The minimum Gasteiger partial charge on any atom is -0.494 e. The molecule has 0 N–H and O–H groups in total. The molecule has 1 aliphatic rings. The first kappa shape index (κ1) is 19.8. The van der Waals surface area contributed by atoms with Crippen molar-refractivity contribution in [3.63, 3.8) is 0 Å². The molecule has 0 aliphatic carbocycles. The lowest BCUT2D eigenvalue weighted by Gasteiger charge is -2.26. The topological polar surface area (TPSA) is 50.7 Å². The molecule has 1 fully saturated rings. The maximum absolute atomic E-state index is 13.2. The Hall–Kier alpha value is -2.48. The van der Waals surface area contributed by atoms with E-state index in [4.69, 9.17) is 21.3 Å². The molecule has 6 nitrogen and oxygen atoms in total. The fraction of sp³-hybridized carbons (Fsp3) is 0.333. The molecule has 0 amide bonds. The van der Waals surface area contributed by atoms with Gasteiger partial charge < -0.3 is 9.47 Å². The third kappa shape index (κ3) is 4.93. The average molecular weight is 417 g/mol. The minimum absolute atomic E-state index is 0.320. The van der Waals surface area contributed by atoms with E-state index in [1.165, 1.54) is 22.9 Å². The van der Waals surface area contributed by atoms with Gasteiger partial charge in [-0.15, -0.1) is 0 Å². The van der Waals surface area contributed by atoms with Crippen molar-refractivity contribution in [2.45, 2.75) is 6.42 Å². The molecule has 3 aromatic rings. The second-order valence-electron chi connectivity index (χ2n) is 6.79. The first-order valence-electron chi connectivity index (χ1n) is 9.60. The van der Waals surface area contributed by atoms with Crippen LogP contribution >= 0.6 is 11.8 Å². The molecular weight excluding hydrogens is 395 g/mol. The Morgan fingerprint density at radius 2 is 1.90 bits per heavy atom. The van der Waals surface area contributed by atoms with Gasteiger partial charge in [0.2, 0.25) is 0 Å².